The van der Waals surface area contributed by atoms with Gasteiger partial charge in [-0.15, -0.1) is 0 Å². The van der Waals surface area contributed by atoms with Crippen LogP contribution in [0.4, 0.5) is 4.39 Å². The number of allylic oxidation sites excluding steroid dienone is 1. The predicted molar refractivity (Wildman–Crippen MR) is 146 cm³/mol. The van der Waals surface area contributed by atoms with Crippen LogP contribution in [0.25, 0.3) is 28.3 Å². The fourth-order valence-corrected chi connectivity index (χ4v) is 3.85. The standard InChI is InChI=1S/C31H37FN2O2/c1-4-6-10-20-35-24(3)11-8-7-9-12-25-13-18-29(30(32)21-25)27-16-14-26(15-17-27)28-22-33-31(34-23-28)36-19-5-2/h5,9,12-18,21-24H,2,4,6-8,10-11,19-20H2,1,3H3/b12-9+. The average molecular weight is 489 g/mol. The van der Waals surface area contributed by atoms with E-state index in [4.69, 9.17) is 9.47 Å². The number of halogens is 1. The van der Waals surface area contributed by atoms with Crippen LogP contribution in [0.1, 0.15) is 57.9 Å². The monoisotopic (exact) mass is 488 g/mol. The second kappa shape index (κ2) is 14.9. The second-order valence-corrected chi connectivity index (χ2v) is 8.89. The number of unbranched alkanes of at least 4 members (excludes halogenated alkanes) is 3. The Morgan fingerprint density at radius 3 is 2.42 bits per heavy atom. The van der Waals surface area contributed by atoms with E-state index in [-0.39, 0.29) is 5.82 Å². The molecule has 1 heterocycles. The smallest absolute Gasteiger partial charge is 0.316 e. The molecule has 0 aliphatic rings. The molecule has 0 saturated carbocycles. The van der Waals surface area contributed by atoms with Crippen LogP contribution in [-0.2, 0) is 4.74 Å². The molecule has 0 amide bonds. The van der Waals surface area contributed by atoms with E-state index in [1.165, 1.54) is 12.8 Å². The number of hydrogen-bond acceptors (Lipinski definition) is 4. The van der Waals surface area contributed by atoms with E-state index in [2.05, 4.69) is 36.5 Å². The van der Waals surface area contributed by atoms with Crippen LogP contribution < -0.4 is 4.74 Å². The number of benzene rings is 2. The summed E-state index contributed by atoms with van der Waals surface area (Å²) in [5.41, 5.74) is 4.09. The molecule has 3 rings (SSSR count). The number of rotatable bonds is 15. The summed E-state index contributed by atoms with van der Waals surface area (Å²) in [5, 5.41) is 0. The summed E-state index contributed by atoms with van der Waals surface area (Å²) in [4.78, 5) is 8.41. The van der Waals surface area contributed by atoms with Gasteiger partial charge in [0.15, 0.2) is 0 Å². The van der Waals surface area contributed by atoms with E-state index >= 15 is 0 Å². The van der Waals surface area contributed by atoms with Crippen LogP contribution in [0.2, 0.25) is 0 Å². The molecule has 3 aromatic rings. The Labute approximate surface area is 214 Å². The zero-order chi connectivity index (χ0) is 25.6. The van der Waals surface area contributed by atoms with Gasteiger partial charge >= 0.3 is 6.01 Å². The first-order valence-electron chi connectivity index (χ1n) is 12.8. The van der Waals surface area contributed by atoms with Crippen molar-refractivity contribution in [3.8, 4) is 28.3 Å². The molecule has 0 saturated heterocycles. The molecular formula is C31H37FN2O2. The molecule has 4 nitrogen and oxygen atoms in total. The molecule has 0 bridgehead atoms. The Hall–Kier alpha value is -3.31. The van der Waals surface area contributed by atoms with E-state index in [0.717, 1.165) is 54.5 Å². The molecule has 0 aliphatic heterocycles. The summed E-state index contributed by atoms with van der Waals surface area (Å²) >= 11 is 0. The number of nitrogens with zero attached hydrogens (tertiary/aromatic N) is 2. The maximum atomic E-state index is 14.9. The van der Waals surface area contributed by atoms with Gasteiger partial charge in [-0.3, -0.25) is 0 Å². The molecule has 0 aliphatic carbocycles. The van der Waals surface area contributed by atoms with Gasteiger partial charge in [0.1, 0.15) is 12.4 Å². The van der Waals surface area contributed by atoms with Crippen molar-refractivity contribution in [1.29, 1.82) is 0 Å². The van der Waals surface area contributed by atoms with E-state index in [0.29, 0.717) is 24.3 Å². The van der Waals surface area contributed by atoms with Gasteiger partial charge in [0, 0.05) is 30.1 Å². The first-order valence-corrected chi connectivity index (χ1v) is 12.8. The highest BCUT2D eigenvalue weighted by Crippen LogP contribution is 2.27. The summed E-state index contributed by atoms with van der Waals surface area (Å²) in [6.07, 6.45) is 16.1. The lowest BCUT2D eigenvalue weighted by Gasteiger charge is -2.12. The third-order valence-corrected chi connectivity index (χ3v) is 5.92. The molecule has 190 valence electrons. The zero-order valence-corrected chi connectivity index (χ0v) is 21.5. The maximum absolute atomic E-state index is 14.9. The van der Waals surface area contributed by atoms with E-state index < -0.39 is 0 Å². The van der Waals surface area contributed by atoms with Gasteiger partial charge in [0.2, 0.25) is 0 Å². The molecular weight excluding hydrogens is 451 g/mol. The molecule has 36 heavy (non-hydrogen) atoms. The summed E-state index contributed by atoms with van der Waals surface area (Å²) in [5.74, 6) is -0.231. The third-order valence-electron chi connectivity index (χ3n) is 5.92. The third kappa shape index (κ3) is 8.72. The molecule has 1 unspecified atom stereocenters. The largest absolute Gasteiger partial charge is 0.459 e. The van der Waals surface area contributed by atoms with E-state index in [9.17, 15) is 4.39 Å². The van der Waals surface area contributed by atoms with Crippen LogP contribution in [0.3, 0.4) is 0 Å². The highest BCUT2D eigenvalue weighted by Gasteiger charge is 2.07. The average Bonchev–Trinajstić information content (AvgIpc) is 2.90. The number of aromatic nitrogens is 2. The lowest BCUT2D eigenvalue weighted by molar-refractivity contribution is 0.0566. The second-order valence-electron chi connectivity index (χ2n) is 8.89. The van der Waals surface area contributed by atoms with Crippen molar-refractivity contribution in [2.24, 2.45) is 0 Å². The summed E-state index contributed by atoms with van der Waals surface area (Å²) < 4.78 is 26.0. The summed E-state index contributed by atoms with van der Waals surface area (Å²) in [7, 11) is 0. The van der Waals surface area contributed by atoms with Crippen molar-refractivity contribution in [2.75, 3.05) is 13.2 Å². The van der Waals surface area contributed by atoms with E-state index in [1.807, 2.05) is 42.5 Å². The van der Waals surface area contributed by atoms with Gasteiger partial charge < -0.3 is 9.47 Å². The van der Waals surface area contributed by atoms with Gasteiger partial charge in [-0.25, -0.2) is 14.4 Å². The zero-order valence-electron chi connectivity index (χ0n) is 21.5. The quantitative estimate of drug-likeness (QED) is 0.159. The van der Waals surface area contributed by atoms with Crippen LogP contribution >= 0.6 is 0 Å². The van der Waals surface area contributed by atoms with Crippen molar-refractivity contribution in [3.63, 3.8) is 0 Å². The molecule has 2 aromatic carbocycles. The van der Waals surface area contributed by atoms with Gasteiger partial charge in [0.25, 0.3) is 0 Å². The van der Waals surface area contributed by atoms with Crippen LogP contribution in [0, 0.1) is 5.82 Å². The number of ether oxygens (including phenoxy) is 2. The van der Waals surface area contributed by atoms with Crippen LogP contribution in [0.5, 0.6) is 6.01 Å². The molecule has 1 atom stereocenters. The summed E-state index contributed by atoms with van der Waals surface area (Å²) in [6, 6.07) is 13.4. The predicted octanol–water partition coefficient (Wildman–Crippen LogP) is 8.29. The Kier molecular flexibility index (Phi) is 11.3. The van der Waals surface area contributed by atoms with Crippen molar-refractivity contribution in [2.45, 2.75) is 58.5 Å². The molecule has 0 N–H and O–H groups in total. The topological polar surface area (TPSA) is 44.2 Å². The fourth-order valence-electron chi connectivity index (χ4n) is 3.85. The van der Waals surface area contributed by atoms with Crippen LogP contribution in [-0.4, -0.2) is 29.3 Å². The lowest BCUT2D eigenvalue weighted by Crippen LogP contribution is -2.08. The summed E-state index contributed by atoms with van der Waals surface area (Å²) in [6.45, 7) is 9.16. The SMILES string of the molecule is C=CCOc1ncc(-c2ccc(-c3ccc(/C=C/CCCC(C)OCCCCC)cc3F)cc2)cn1. The van der Waals surface area contributed by atoms with Crippen molar-refractivity contribution < 1.29 is 13.9 Å². The Morgan fingerprint density at radius 1 is 0.972 bits per heavy atom. The van der Waals surface area contributed by atoms with E-state index in [1.54, 1.807) is 24.5 Å². The van der Waals surface area contributed by atoms with Gasteiger partial charge in [-0.1, -0.05) is 81.0 Å². The fraction of sp³-hybridized carbons (Fsp3) is 0.355. The maximum Gasteiger partial charge on any atom is 0.316 e. The number of hydrogen-bond donors (Lipinski definition) is 0. The first kappa shape index (κ1) is 27.3. The van der Waals surface area contributed by atoms with Gasteiger partial charge in [-0.05, 0) is 55.4 Å². The highest BCUT2D eigenvalue weighted by molar-refractivity contribution is 5.71. The molecule has 0 spiro atoms. The normalized spacial score (nSPS) is 12.1. The Morgan fingerprint density at radius 2 is 1.72 bits per heavy atom. The molecule has 5 heteroatoms. The molecule has 0 radical (unpaired) electrons. The van der Waals surface area contributed by atoms with Crippen LogP contribution in [0.15, 0.2) is 73.6 Å². The first-order chi connectivity index (χ1) is 17.6. The van der Waals surface area contributed by atoms with Crippen molar-refractivity contribution in [3.05, 3.63) is 85.0 Å². The van der Waals surface area contributed by atoms with Gasteiger partial charge in [-0.2, -0.15) is 0 Å². The lowest BCUT2D eigenvalue weighted by atomic mass is 10.00. The highest BCUT2D eigenvalue weighted by atomic mass is 19.1. The minimum absolute atomic E-state index is 0.231. The minimum Gasteiger partial charge on any atom is -0.459 e. The Balaban J connectivity index is 1.51. The Bertz CT molecular complexity index is 1090. The van der Waals surface area contributed by atoms with Gasteiger partial charge in [0.05, 0.1) is 6.10 Å². The van der Waals surface area contributed by atoms with Crippen molar-refractivity contribution in [1.82, 2.24) is 9.97 Å². The van der Waals surface area contributed by atoms with Crippen molar-refractivity contribution >= 4 is 6.08 Å². The minimum atomic E-state index is -0.231. The molecule has 0 fully saturated rings. The molecule has 1 aromatic heterocycles.